The highest BCUT2D eigenvalue weighted by molar-refractivity contribution is 9.10. The summed E-state index contributed by atoms with van der Waals surface area (Å²) in [6, 6.07) is 8.46. The number of hydrogen-bond donors (Lipinski definition) is 2. The van der Waals surface area contributed by atoms with Crippen LogP contribution in [0.3, 0.4) is 0 Å². The van der Waals surface area contributed by atoms with Crippen molar-refractivity contribution in [3.8, 4) is 11.4 Å². The van der Waals surface area contributed by atoms with Gasteiger partial charge in [-0.25, -0.2) is 19.7 Å². The number of thiazole rings is 1. The molecule has 6 rings (SSSR count). The molecule has 0 aliphatic carbocycles. The second-order valence-corrected chi connectivity index (χ2v) is 14.6. The minimum Gasteiger partial charge on any atom is -0.465 e. The van der Waals surface area contributed by atoms with Crippen molar-refractivity contribution in [2.75, 3.05) is 50.7 Å². The first-order chi connectivity index (χ1) is 20.5. The van der Waals surface area contributed by atoms with Gasteiger partial charge in [0.05, 0.1) is 26.9 Å². The van der Waals surface area contributed by atoms with Crippen molar-refractivity contribution >= 4 is 50.2 Å². The number of aromatic nitrogens is 4. The highest BCUT2D eigenvalue weighted by Gasteiger charge is 2.37. The van der Waals surface area contributed by atoms with Crippen LogP contribution >= 0.6 is 27.3 Å². The lowest BCUT2D eigenvalue weighted by atomic mass is 9.84. The maximum atomic E-state index is 11.8. The summed E-state index contributed by atoms with van der Waals surface area (Å²) in [5, 5.41) is 13.0. The van der Waals surface area contributed by atoms with Crippen molar-refractivity contribution in [3.05, 3.63) is 56.6 Å². The Bertz CT molecular complexity index is 1590. The van der Waals surface area contributed by atoms with Gasteiger partial charge in [-0.05, 0) is 33.8 Å². The number of hydrogen-bond acceptors (Lipinski definition) is 8. The number of carbonyl (C=O) groups is 1. The molecule has 1 unspecified atom stereocenters. The molecule has 5 heterocycles. The Morgan fingerprint density at radius 1 is 1.05 bits per heavy atom. The summed E-state index contributed by atoms with van der Waals surface area (Å²) in [5.74, 6) is 0.800. The predicted octanol–water partition coefficient (Wildman–Crippen LogP) is 5.68. The number of aromatic amines is 1. The summed E-state index contributed by atoms with van der Waals surface area (Å²) < 4.78 is 0.964. The third kappa shape index (κ3) is 6.57. The van der Waals surface area contributed by atoms with E-state index in [0.717, 1.165) is 90.1 Å². The summed E-state index contributed by atoms with van der Waals surface area (Å²) in [5.41, 5.74) is 6.00. The molecule has 2 saturated heterocycles. The largest absolute Gasteiger partial charge is 0.465 e. The molecule has 2 aliphatic rings. The topological polar surface area (TPSA) is 105 Å². The Morgan fingerprint density at radius 2 is 1.77 bits per heavy atom. The highest BCUT2D eigenvalue weighted by atomic mass is 79.9. The van der Waals surface area contributed by atoms with Gasteiger partial charge >= 0.3 is 6.09 Å². The zero-order valence-corrected chi connectivity index (χ0v) is 27.6. The van der Waals surface area contributed by atoms with Crippen molar-refractivity contribution in [3.63, 3.8) is 0 Å². The van der Waals surface area contributed by atoms with Gasteiger partial charge in [0.15, 0.2) is 5.65 Å². The quantitative estimate of drug-likeness (QED) is 0.271. The molecule has 2 N–H and O–H groups in total. The van der Waals surface area contributed by atoms with Crippen LogP contribution in [0.1, 0.15) is 37.0 Å². The normalized spacial score (nSPS) is 19.0. The van der Waals surface area contributed by atoms with E-state index in [1.807, 2.05) is 6.20 Å². The van der Waals surface area contributed by atoms with E-state index in [1.165, 1.54) is 5.56 Å². The van der Waals surface area contributed by atoms with Gasteiger partial charge in [0, 0.05) is 76.0 Å². The maximum absolute atomic E-state index is 11.8. The number of pyridine rings is 1. The second kappa shape index (κ2) is 12.1. The molecular weight excluding hydrogens is 628 g/mol. The van der Waals surface area contributed by atoms with Crippen molar-refractivity contribution in [1.82, 2.24) is 34.6 Å². The number of H-pyrrole nitrogens is 1. The number of fused-ring (bicyclic) bond motifs is 1. The molecule has 10 nitrogen and oxygen atoms in total. The first kappa shape index (κ1) is 30.0. The molecule has 2 aliphatic heterocycles. The molecule has 1 aromatic carbocycles. The molecule has 0 saturated carbocycles. The van der Waals surface area contributed by atoms with E-state index >= 15 is 0 Å². The Hall–Kier alpha value is -3.06. The zero-order chi connectivity index (χ0) is 30.3. The van der Waals surface area contributed by atoms with Crippen LogP contribution < -0.4 is 4.90 Å². The SMILES string of the molecule is Cc1nc(CN2CCN(c3c(Br)cnc4nc(-c5ccc(CN6CCN(C(=O)O)C(C(C)(C)C)C6)cc5)[nH]c34)CC2)cs1. The monoisotopic (exact) mass is 666 g/mol. The van der Waals surface area contributed by atoms with E-state index in [-0.39, 0.29) is 11.5 Å². The second-order valence-electron chi connectivity index (χ2n) is 12.6. The fourth-order valence-electron chi connectivity index (χ4n) is 6.19. The minimum absolute atomic E-state index is 0.0419. The van der Waals surface area contributed by atoms with Crippen LogP contribution in [0.5, 0.6) is 0 Å². The summed E-state index contributed by atoms with van der Waals surface area (Å²) in [6.45, 7) is 15.8. The maximum Gasteiger partial charge on any atom is 0.407 e. The lowest BCUT2D eigenvalue weighted by molar-refractivity contribution is 0.0190. The van der Waals surface area contributed by atoms with Crippen LogP contribution in [0.2, 0.25) is 0 Å². The minimum atomic E-state index is -0.830. The summed E-state index contributed by atoms with van der Waals surface area (Å²) in [6.07, 6.45) is 1.02. The number of anilines is 1. The number of halogens is 1. The summed E-state index contributed by atoms with van der Waals surface area (Å²) in [4.78, 5) is 38.3. The van der Waals surface area contributed by atoms with Crippen molar-refractivity contribution < 1.29 is 9.90 Å². The van der Waals surface area contributed by atoms with Gasteiger partial charge in [0.1, 0.15) is 11.3 Å². The van der Waals surface area contributed by atoms with E-state index in [0.29, 0.717) is 12.2 Å². The number of aryl methyl sites for hydroxylation is 1. The Balaban J connectivity index is 1.14. The van der Waals surface area contributed by atoms with E-state index in [9.17, 15) is 9.90 Å². The average molecular weight is 668 g/mol. The lowest BCUT2D eigenvalue weighted by Crippen LogP contribution is -2.59. The average Bonchev–Trinajstić information content (AvgIpc) is 3.59. The standard InChI is InChI=1S/C31H39BrN8O2S/c1-20-34-23(19-43-20)17-37-9-12-39(13-10-37)27-24(32)15-33-29-26(27)35-28(36-29)22-7-5-21(6-8-22)16-38-11-14-40(30(41)42)25(18-38)31(2,3)4/h5-8,15,19,25H,9-14,16-18H2,1-4H3,(H,41,42)(H,33,35,36). The number of amides is 1. The predicted molar refractivity (Wildman–Crippen MR) is 175 cm³/mol. The molecule has 0 radical (unpaired) electrons. The number of nitrogens with zero attached hydrogens (tertiary/aromatic N) is 7. The van der Waals surface area contributed by atoms with Gasteiger partial charge in [-0.3, -0.25) is 9.80 Å². The molecule has 4 aromatic rings. The molecule has 0 spiro atoms. The Kier molecular flexibility index (Phi) is 8.47. The third-order valence-electron chi connectivity index (χ3n) is 8.53. The van der Waals surface area contributed by atoms with Crippen LogP contribution in [-0.4, -0.2) is 97.7 Å². The third-order valence-corrected chi connectivity index (χ3v) is 9.93. The number of benzene rings is 1. The van der Waals surface area contributed by atoms with Gasteiger partial charge in [-0.2, -0.15) is 0 Å². The van der Waals surface area contributed by atoms with Crippen molar-refractivity contribution in [1.29, 1.82) is 0 Å². The molecule has 228 valence electrons. The van der Waals surface area contributed by atoms with E-state index in [1.54, 1.807) is 16.2 Å². The molecule has 1 atom stereocenters. The van der Waals surface area contributed by atoms with Crippen molar-refractivity contribution in [2.45, 2.75) is 46.8 Å². The van der Waals surface area contributed by atoms with E-state index in [4.69, 9.17) is 4.98 Å². The number of rotatable bonds is 6. The molecule has 2 fully saturated rings. The van der Waals surface area contributed by atoms with Gasteiger partial charge in [0.25, 0.3) is 0 Å². The van der Waals surface area contributed by atoms with Crippen LogP contribution in [0.25, 0.3) is 22.6 Å². The number of piperazine rings is 2. The van der Waals surface area contributed by atoms with Gasteiger partial charge in [-0.15, -0.1) is 11.3 Å². The smallest absolute Gasteiger partial charge is 0.407 e. The number of carboxylic acid groups (broad SMARTS) is 1. The molecule has 1 amide bonds. The summed E-state index contributed by atoms with van der Waals surface area (Å²) in [7, 11) is 0. The molecule has 0 bridgehead atoms. The molecule has 3 aromatic heterocycles. The number of imidazole rings is 1. The Labute approximate surface area is 264 Å². The van der Waals surface area contributed by atoms with E-state index < -0.39 is 6.09 Å². The fraction of sp³-hybridized carbons (Fsp3) is 0.484. The van der Waals surface area contributed by atoms with Crippen LogP contribution in [0.4, 0.5) is 10.5 Å². The van der Waals surface area contributed by atoms with Crippen LogP contribution in [0, 0.1) is 12.3 Å². The van der Waals surface area contributed by atoms with E-state index in [2.05, 4.69) is 103 Å². The van der Waals surface area contributed by atoms with Gasteiger partial charge in [-0.1, -0.05) is 45.0 Å². The first-order valence-electron chi connectivity index (χ1n) is 14.8. The Morgan fingerprint density at radius 3 is 2.42 bits per heavy atom. The van der Waals surface area contributed by atoms with Crippen molar-refractivity contribution in [2.24, 2.45) is 5.41 Å². The lowest BCUT2D eigenvalue weighted by Gasteiger charge is -2.46. The highest BCUT2D eigenvalue weighted by Crippen LogP contribution is 2.35. The number of nitrogens with one attached hydrogen (secondary N) is 1. The molecular formula is C31H39BrN8O2S. The molecule has 43 heavy (non-hydrogen) atoms. The zero-order valence-electron chi connectivity index (χ0n) is 25.2. The molecule has 12 heteroatoms. The van der Waals surface area contributed by atoms with Crippen LogP contribution in [0.15, 0.2) is 40.3 Å². The van der Waals surface area contributed by atoms with Gasteiger partial charge in [0.2, 0.25) is 0 Å². The van der Waals surface area contributed by atoms with Gasteiger partial charge < -0.3 is 19.9 Å². The first-order valence-corrected chi connectivity index (χ1v) is 16.5. The van der Waals surface area contributed by atoms with Crippen LogP contribution in [-0.2, 0) is 13.1 Å². The fourth-order valence-corrected chi connectivity index (χ4v) is 7.34. The summed E-state index contributed by atoms with van der Waals surface area (Å²) >= 11 is 5.47.